The maximum absolute atomic E-state index is 12.9. The molecule has 0 atom stereocenters. The number of nitrogens with zero attached hydrogens (tertiary/aromatic N) is 4. The van der Waals surface area contributed by atoms with Crippen LogP contribution in [0.3, 0.4) is 0 Å². The number of ketones is 1. The minimum absolute atomic E-state index is 0.0259. The molecule has 0 saturated carbocycles. The van der Waals surface area contributed by atoms with Crippen molar-refractivity contribution in [2.24, 2.45) is 0 Å². The molecule has 4 aromatic rings. The molecule has 0 unspecified atom stereocenters. The van der Waals surface area contributed by atoms with Gasteiger partial charge >= 0.3 is 0 Å². The van der Waals surface area contributed by atoms with Gasteiger partial charge in [0, 0.05) is 18.0 Å². The predicted octanol–water partition coefficient (Wildman–Crippen LogP) is 5.44. The highest BCUT2D eigenvalue weighted by Crippen LogP contribution is 2.32. The van der Waals surface area contributed by atoms with Crippen LogP contribution in [0.1, 0.15) is 35.7 Å². The topological polar surface area (TPSA) is 69.9 Å². The van der Waals surface area contributed by atoms with Gasteiger partial charge in [0.1, 0.15) is 5.75 Å². The Hall–Kier alpha value is -3.45. The fourth-order valence-electron chi connectivity index (χ4n) is 3.52. The number of methoxy groups -OCH3 is 1. The molecule has 4 rings (SSSR count). The highest BCUT2D eigenvalue weighted by atomic mass is 32.2. The van der Waals surface area contributed by atoms with E-state index in [1.165, 1.54) is 17.3 Å². The van der Waals surface area contributed by atoms with Gasteiger partial charge in [-0.05, 0) is 41.8 Å². The van der Waals surface area contributed by atoms with Crippen LogP contribution < -0.4 is 4.74 Å². The molecule has 0 spiro atoms. The maximum Gasteiger partial charge on any atom is 0.196 e. The molecule has 0 radical (unpaired) electrons. The normalized spacial score (nSPS) is 11.0. The van der Waals surface area contributed by atoms with Crippen molar-refractivity contribution in [2.75, 3.05) is 12.9 Å². The number of benzene rings is 2. The standard InChI is InChI=1S/C25H24N4O2S/c1-17(2)19-10-4-6-12-21(19)29-24(18-9-8-14-26-15-18)27-28-25(29)32-16-22(30)20-11-5-7-13-23(20)31-3/h4-15,17H,16H2,1-3H3. The first kappa shape index (κ1) is 21.8. The first-order valence-electron chi connectivity index (χ1n) is 10.3. The molecular weight excluding hydrogens is 420 g/mol. The molecule has 0 N–H and O–H groups in total. The molecule has 0 fully saturated rings. The highest BCUT2D eigenvalue weighted by Gasteiger charge is 2.21. The van der Waals surface area contributed by atoms with Gasteiger partial charge in [-0.3, -0.25) is 14.3 Å². The number of carbonyl (C=O) groups is 1. The summed E-state index contributed by atoms with van der Waals surface area (Å²) < 4.78 is 7.37. The maximum atomic E-state index is 12.9. The summed E-state index contributed by atoms with van der Waals surface area (Å²) >= 11 is 1.36. The molecule has 6 nitrogen and oxygen atoms in total. The zero-order valence-electron chi connectivity index (χ0n) is 18.2. The van der Waals surface area contributed by atoms with E-state index in [9.17, 15) is 4.79 Å². The second-order valence-corrected chi connectivity index (χ2v) is 8.45. The smallest absolute Gasteiger partial charge is 0.196 e. The number of carbonyl (C=O) groups excluding carboxylic acids is 1. The molecule has 32 heavy (non-hydrogen) atoms. The Morgan fingerprint density at radius 2 is 1.81 bits per heavy atom. The first-order valence-corrected chi connectivity index (χ1v) is 11.3. The fourth-order valence-corrected chi connectivity index (χ4v) is 4.35. The molecule has 0 saturated heterocycles. The van der Waals surface area contributed by atoms with Crippen LogP contribution >= 0.6 is 11.8 Å². The lowest BCUT2D eigenvalue weighted by Crippen LogP contribution is -2.08. The van der Waals surface area contributed by atoms with Crippen molar-refractivity contribution < 1.29 is 9.53 Å². The van der Waals surface area contributed by atoms with Crippen molar-refractivity contribution in [1.29, 1.82) is 0 Å². The third-order valence-electron chi connectivity index (χ3n) is 5.09. The number of hydrogen-bond acceptors (Lipinski definition) is 6. The number of thioether (sulfide) groups is 1. The van der Waals surface area contributed by atoms with Crippen LogP contribution in [0.2, 0.25) is 0 Å². The first-order chi connectivity index (χ1) is 15.6. The van der Waals surface area contributed by atoms with E-state index in [2.05, 4.69) is 41.2 Å². The molecule has 162 valence electrons. The Kier molecular flexibility index (Phi) is 6.66. The molecule has 0 bridgehead atoms. The van der Waals surface area contributed by atoms with E-state index < -0.39 is 0 Å². The second-order valence-electron chi connectivity index (χ2n) is 7.51. The van der Waals surface area contributed by atoms with E-state index in [1.54, 1.807) is 31.6 Å². The lowest BCUT2D eigenvalue weighted by Gasteiger charge is -2.16. The third-order valence-corrected chi connectivity index (χ3v) is 6.02. The second kappa shape index (κ2) is 9.78. The van der Waals surface area contributed by atoms with E-state index in [-0.39, 0.29) is 11.5 Å². The SMILES string of the molecule is COc1ccccc1C(=O)CSc1nnc(-c2cccnc2)n1-c1ccccc1C(C)C. The summed E-state index contributed by atoms with van der Waals surface area (Å²) in [5.41, 5.74) is 3.60. The molecule has 2 aromatic carbocycles. The van der Waals surface area contributed by atoms with Gasteiger partial charge in [-0.1, -0.05) is 55.9 Å². The van der Waals surface area contributed by atoms with Gasteiger partial charge in [0.25, 0.3) is 0 Å². The van der Waals surface area contributed by atoms with E-state index >= 15 is 0 Å². The quantitative estimate of drug-likeness (QED) is 0.266. The highest BCUT2D eigenvalue weighted by molar-refractivity contribution is 7.99. The predicted molar refractivity (Wildman–Crippen MR) is 127 cm³/mol. The van der Waals surface area contributed by atoms with Crippen molar-refractivity contribution in [2.45, 2.75) is 24.9 Å². The number of hydrogen-bond donors (Lipinski definition) is 0. The number of pyridine rings is 1. The van der Waals surface area contributed by atoms with Crippen LogP contribution in [0.15, 0.2) is 78.2 Å². The van der Waals surface area contributed by atoms with E-state index in [0.29, 0.717) is 28.2 Å². The number of ether oxygens (including phenoxy) is 1. The monoisotopic (exact) mass is 444 g/mol. The summed E-state index contributed by atoms with van der Waals surface area (Å²) in [6.07, 6.45) is 3.50. The minimum atomic E-state index is -0.0259. The molecule has 0 aliphatic heterocycles. The molecule has 0 aliphatic carbocycles. The Labute approximate surface area is 191 Å². The van der Waals surface area contributed by atoms with Crippen molar-refractivity contribution >= 4 is 17.5 Å². The van der Waals surface area contributed by atoms with Gasteiger partial charge in [0.05, 0.1) is 24.1 Å². The van der Waals surface area contributed by atoms with Gasteiger partial charge in [0.15, 0.2) is 16.8 Å². The average molecular weight is 445 g/mol. The van der Waals surface area contributed by atoms with Crippen molar-refractivity contribution in [3.63, 3.8) is 0 Å². The van der Waals surface area contributed by atoms with Crippen LogP contribution in [-0.4, -0.2) is 38.4 Å². The van der Waals surface area contributed by atoms with Crippen molar-refractivity contribution in [3.8, 4) is 22.8 Å². The molecule has 2 aromatic heterocycles. The zero-order valence-corrected chi connectivity index (χ0v) is 19.0. The summed E-state index contributed by atoms with van der Waals surface area (Å²) in [7, 11) is 1.57. The van der Waals surface area contributed by atoms with Gasteiger partial charge in [0.2, 0.25) is 0 Å². The van der Waals surface area contributed by atoms with Crippen LogP contribution in [-0.2, 0) is 0 Å². The lowest BCUT2D eigenvalue weighted by atomic mass is 10.0. The van der Waals surface area contributed by atoms with Crippen LogP contribution in [0.25, 0.3) is 17.1 Å². The number of aromatic nitrogens is 4. The molecule has 7 heteroatoms. The van der Waals surface area contributed by atoms with Gasteiger partial charge < -0.3 is 4.74 Å². The van der Waals surface area contributed by atoms with Crippen molar-refractivity contribution in [3.05, 3.63) is 84.2 Å². The van der Waals surface area contributed by atoms with Gasteiger partial charge in [-0.25, -0.2) is 0 Å². The van der Waals surface area contributed by atoms with Crippen LogP contribution in [0.4, 0.5) is 0 Å². The Morgan fingerprint density at radius 3 is 2.56 bits per heavy atom. The number of Topliss-reactive ketones (excluding diaryl/α,β-unsaturated/α-hetero) is 1. The summed E-state index contributed by atoms with van der Waals surface area (Å²) in [4.78, 5) is 17.2. The minimum Gasteiger partial charge on any atom is -0.496 e. The van der Waals surface area contributed by atoms with Crippen LogP contribution in [0.5, 0.6) is 5.75 Å². The summed E-state index contributed by atoms with van der Waals surface area (Å²) in [5, 5.41) is 9.56. The Morgan fingerprint density at radius 1 is 1.03 bits per heavy atom. The number of para-hydroxylation sites is 2. The zero-order chi connectivity index (χ0) is 22.5. The third kappa shape index (κ3) is 4.43. The number of rotatable bonds is 8. The summed E-state index contributed by atoms with van der Waals surface area (Å²) in [5.74, 6) is 1.76. The van der Waals surface area contributed by atoms with E-state index in [4.69, 9.17) is 4.74 Å². The van der Waals surface area contributed by atoms with Crippen LogP contribution in [0, 0.1) is 0 Å². The summed E-state index contributed by atoms with van der Waals surface area (Å²) in [6.45, 7) is 4.32. The van der Waals surface area contributed by atoms with Crippen molar-refractivity contribution in [1.82, 2.24) is 19.7 Å². The molecule has 0 amide bonds. The fraction of sp³-hybridized carbons (Fsp3) is 0.200. The van der Waals surface area contributed by atoms with Gasteiger partial charge in [-0.2, -0.15) is 0 Å². The molecular formula is C25H24N4O2S. The lowest BCUT2D eigenvalue weighted by molar-refractivity contribution is 0.101. The molecule has 2 heterocycles. The Bertz CT molecular complexity index is 1220. The van der Waals surface area contributed by atoms with Gasteiger partial charge in [-0.15, -0.1) is 10.2 Å². The Balaban J connectivity index is 1.74. The summed E-state index contributed by atoms with van der Waals surface area (Å²) in [6, 6.07) is 19.3. The molecule has 0 aliphatic rings. The average Bonchev–Trinajstić information content (AvgIpc) is 3.26. The van der Waals surface area contributed by atoms with E-state index in [1.807, 2.05) is 41.0 Å². The van der Waals surface area contributed by atoms with E-state index in [0.717, 1.165) is 11.3 Å². The largest absolute Gasteiger partial charge is 0.496 e.